The number of aromatic nitrogens is 2. The Labute approximate surface area is 209 Å². The Morgan fingerprint density at radius 3 is 2.25 bits per heavy atom. The van der Waals surface area contributed by atoms with E-state index in [9.17, 15) is 14.4 Å². The summed E-state index contributed by atoms with van der Waals surface area (Å²) in [6.07, 6.45) is 1.35. The number of carbonyl (C=O) groups is 3. The van der Waals surface area contributed by atoms with E-state index in [1.807, 2.05) is 30.3 Å². The van der Waals surface area contributed by atoms with Crippen LogP contribution in [0.2, 0.25) is 0 Å². The Morgan fingerprint density at radius 1 is 0.861 bits per heavy atom. The molecule has 36 heavy (non-hydrogen) atoms. The van der Waals surface area contributed by atoms with E-state index in [1.54, 1.807) is 55.6 Å². The SMILES string of the molecule is COc1ccc(C(=O)Oc2ccc(/C=N\NC(=O)C(=O)Nc3nnc(-c4ccccc4)s3)cc2)cc1. The summed E-state index contributed by atoms with van der Waals surface area (Å²) in [4.78, 5) is 36.3. The molecule has 0 atom stereocenters. The van der Waals surface area contributed by atoms with E-state index in [2.05, 4.69) is 26.0 Å². The molecule has 0 saturated carbocycles. The first-order valence-electron chi connectivity index (χ1n) is 10.5. The fraction of sp³-hybridized carbons (Fsp3) is 0.0400. The number of hydrogen-bond donors (Lipinski definition) is 2. The molecule has 0 aliphatic rings. The number of anilines is 1. The first-order valence-corrected chi connectivity index (χ1v) is 11.3. The summed E-state index contributed by atoms with van der Waals surface area (Å²) in [6.45, 7) is 0. The van der Waals surface area contributed by atoms with Gasteiger partial charge in [0.15, 0.2) is 0 Å². The van der Waals surface area contributed by atoms with Crippen molar-refractivity contribution in [2.75, 3.05) is 12.4 Å². The molecule has 0 saturated heterocycles. The van der Waals surface area contributed by atoms with Gasteiger partial charge in [-0.1, -0.05) is 41.7 Å². The number of ether oxygens (including phenoxy) is 2. The third kappa shape index (κ3) is 6.36. The Morgan fingerprint density at radius 2 is 1.56 bits per heavy atom. The van der Waals surface area contributed by atoms with Crippen LogP contribution in [0.15, 0.2) is 84.0 Å². The number of benzene rings is 3. The van der Waals surface area contributed by atoms with E-state index < -0.39 is 17.8 Å². The second-order valence-corrected chi connectivity index (χ2v) is 8.10. The molecule has 180 valence electrons. The third-order valence-corrected chi connectivity index (χ3v) is 5.56. The monoisotopic (exact) mass is 501 g/mol. The van der Waals surface area contributed by atoms with Crippen molar-refractivity contribution in [1.29, 1.82) is 0 Å². The lowest BCUT2D eigenvalue weighted by Crippen LogP contribution is -2.32. The number of hydrogen-bond acceptors (Lipinski definition) is 9. The maximum absolute atomic E-state index is 12.2. The van der Waals surface area contributed by atoms with E-state index in [-0.39, 0.29) is 5.13 Å². The third-order valence-electron chi connectivity index (χ3n) is 4.67. The highest BCUT2D eigenvalue weighted by atomic mass is 32.1. The summed E-state index contributed by atoms with van der Waals surface area (Å²) in [5, 5.41) is 14.9. The van der Waals surface area contributed by atoms with E-state index >= 15 is 0 Å². The van der Waals surface area contributed by atoms with Crippen molar-refractivity contribution in [1.82, 2.24) is 15.6 Å². The highest BCUT2D eigenvalue weighted by molar-refractivity contribution is 7.18. The number of amides is 2. The van der Waals surface area contributed by atoms with Crippen molar-refractivity contribution in [2.45, 2.75) is 0 Å². The summed E-state index contributed by atoms with van der Waals surface area (Å²) in [5.74, 6) is -1.43. The zero-order valence-electron chi connectivity index (χ0n) is 18.9. The van der Waals surface area contributed by atoms with Gasteiger partial charge in [-0.2, -0.15) is 5.10 Å². The van der Waals surface area contributed by atoms with Crippen LogP contribution in [-0.4, -0.2) is 41.3 Å². The number of nitrogens with zero attached hydrogens (tertiary/aromatic N) is 3. The standard InChI is InChI=1S/C25H19N5O5S/c1-34-19-13-9-18(10-14-19)24(33)35-20-11-7-16(8-12-20)15-26-28-22(32)21(31)27-25-30-29-23(36-25)17-5-3-2-4-6-17/h2-15H,1H3,(H,28,32)(H,27,30,31)/b26-15-. The topological polar surface area (TPSA) is 132 Å². The first-order chi connectivity index (χ1) is 17.5. The molecule has 2 amide bonds. The molecule has 0 fully saturated rings. The van der Waals surface area contributed by atoms with Gasteiger partial charge >= 0.3 is 17.8 Å². The predicted molar refractivity (Wildman–Crippen MR) is 134 cm³/mol. The summed E-state index contributed by atoms with van der Waals surface area (Å²) in [5.41, 5.74) is 3.99. The number of esters is 1. The van der Waals surface area contributed by atoms with Crippen LogP contribution < -0.4 is 20.2 Å². The number of nitrogens with one attached hydrogen (secondary N) is 2. The number of carbonyl (C=O) groups excluding carboxylic acids is 3. The molecule has 0 unspecified atom stereocenters. The summed E-state index contributed by atoms with van der Waals surface area (Å²) in [6, 6.07) is 22.3. The van der Waals surface area contributed by atoms with E-state index in [0.717, 1.165) is 16.9 Å². The van der Waals surface area contributed by atoms with Crippen LogP contribution in [0, 0.1) is 0 Å². The van der Waals surface area contributed by atoms with Crippen LogP contribution in [0.25, 0.3) is 10.6 Å². The van der Waals surface area contributed by atoms with Gasteiger partial charge in [-0.25, -0.2) is 10.2 Å². The molecular weight excluding hydrogens is 482 g/mol. The van der Waals surface area contributed by atoms with Crippen molar-refractivity contribution in [3.63, 3.8) is 0 Å². The van der Waals surface area contributed by atoms with Gasteiger partial charge in [0.25, 0.3) is 0 Å². The molecule has 2 N–H and O–H groups in total. The molecule has 0 aliphatic carbocycles. The summed E-state index contributed by atoms with van der Waals surface area (Å²) < 4.78 is 10.4. The highest BCUT2D eigenvalue weighted by Gasteiger charge is 2.16. The molecule has 0 spiro atoms. The molecule has 0 bridgehead atoms. The van der Waals surface area contributed by atoms with Gasteiger partial charge in [0.2, 0.25) is 5.13 Å². The highest BCUT2D eigenvalue weighted by Crippen LogP contribution is 2.25. The summed E-state index contributed by atoms with van der Waals surface area (Å²) in [7, 11) is 1.54. The minimum atomic E-state index is -0.965. The van der Waals surface area contributed by atoms with E-state index in [0.29, 0.717) is 27.6 Å². The fourth-order valence-corrected chi connectivity index (χ4v) is 3.60. The van der Waals surface area contributed by atoms with Crippen molar-refractivity contribution in [3.8, 4) is 22.1 Å². The van der Waals surface area contributed by atoms with Crippen LogP contribution in [0.3, 0.4) is 0 Å². The molecule has 10 nitrogen and oxygen atoms in total. The second-order valence-electron chi connectivity index (χ2n) is 7.12. The Balaban J connectivity index is 1.26. The molecule has 11 heteroatoms. The van der Waals surface area contributed by atoms with Crippen molar-refractivity contribution >= 4 is 40.5 Å². The maximum atomic E-state index is 12.2. The molecule has 1 aromatic heterocycles. The predicted octanol–water partition coefficient (Wildman–Crippen LogP) is 3.52. The lowest BCUT2D eigenvalue weighted by molar-refractivity contribution is -0.136. The zero-order valence-corrected chi connectivity index (χ0v) is 19.7. The van der Waals surface area contributed by atoms with Gasteiger partial charge in [-0.3, -0.25) is 14.9 Å². The first kappa shape index (κ1) is 24.2. The van der Waals surface area contributed by atoms with Gasteiger partial charge in [0, 0.05) is 5.56 Å². The summed E-state index contributed by atoms with van der Waals surface area (Å²) >= 11 is 1.14. The Bertz CT molecular complexity index is 1390. The lowest BCUT2D eigenvalue weighted by atomic mass is 10.2. The molecule has 4 aromatic rings. The molecule has 0 aliphatic heterocycles. The van der Waals surface area contributed by atoms with E-state index in [1.165, 1.54) is 6.21 Å². The van der Waals surface area contributed by atoms with Gasteiger partial charge in [-0.15, -0.1) is 10.2 Å². The average molecular weight is 502 g/mol. The molecule has 0 radical (unpaired) electrons. The quantitative estimate of drug-likeness (QED) is 0.130. The molecule has 4 rings (SSSR count). The van der Waals surface area contributed by atoms with Crippen molar-refractivity contribution in [2.24, 2.45) is 5.10 Å². The lowest BCUT2D eigenvalue weighted by Gasteiger charge is -2.05. The zero-order chi connectivity index (χ0) is 25.3. The van der Waals surface area contributed by atoms with Gasteiger partial charge in [0.1, 0.15) is 16.5 Å². The largest absolute Gasteiger partial charge is 0.497 e. The van der Waals surface area contributed by atoms with Crippen LogP contribution in [0.4, 0.5) is 5.13 Å². The van der Waals surface area contributed by atoms with Gasteiger partial charge in [-0.05, 0) is 54.1 Å². The number of rotatable bonds is 7. The van der Waals surface area contributed by atoms with E-state index in [4.69, 9.17) is 9.47 Å². The number of methoxy groups -OCH3 is 1. The van der Waals surface area contributed by atoms with Crippen LogP contribution in [0.5, 0.6) is 11.5 Å². The van der Waals surface area contributed by atoms with Crippen LogP contribution in [-0.2, 0) is 9.59 Å². The Hall–Kier alpha value is -4.90. The average Bonchev–Trinajstić information content (AvgIpc) is 3.38. The molecule has 1 heterocycles. The Kier molecular flexibility index (Phi) is 7.73. The smallest absolute Gasteiger partial charge is 0.343 e. The van der Waals surface area contributed by atoms with Gasteiger partial charge < -0.3 is 9.47 Å². The van der Waals surface area contributed by atoms with Crippen molar-refractivity contribution in [3.05, 3.63) is 90.0 Å². The second kappa shape index (κ2) is 11.5. The molecule has 3 aromatic carbocycles. The normalized spacial score (nSPS) is 10.6. The molecular formula is C25H19N5O5S. The van der Waals surface area contributed by atoms with Crippen molar-refractivity contribution < 1.29 is 23.9 Å². The van der Waals surface area contributed by atoms with Crippen LogP contribution in [0.1, 0.15) is 15.9 Å². The maximum Gasteiger partial charge on any atom is 0.343 e. The minimum absolute atomic E-state index is 0.192. The van der Waals surface area contributed by atoms with Crippen LogP contribution >= 0.6 is 11.3 Å². The number of hydrazone groups is 1. The van der Waals surface area contributed by atoms with Gasteiger partial charge in [0.05, 0.1) is 18.9 Å². The minimum Gasteiger partial charge on any atom is -0.497 e. The fourth-order valence-electron chi connectivity index (χ4n) is 2.86.